The predicted octanol–water partition coefficient (Wildman–Crippen LogP) is 0.753. The van der Waals surface area contributed by atoms with E-state index in [0.717, 1.165) is 12.5 Å². The smallest absolute Gasteiger partial charge is 0.246 e. The first kappa shape index (κ1) is 11.4. The van der Waals surface area contributed by atoms with Gasteiger partial charge in [0.25, 0.3) is 0 Å². The Morgan fingerprint density at radius 1 is 1.67 bits per heavy atom. The molecule has 1 amide bonds. The van der Waals surface area contributed by atoms with Crippen molar-refractivity contribution in [2.24, 2.45) is 0 Å². The molecule has 0 saturated heterocycles. The third-order valence-corrected chi connectivity index (χ3v) is 2.12. The van der Waals surface area contributed by atoms with Crippen molar-refractivity contribution in [2.75, 3.05) is 13.7 Å². The first-order valence-electron chi connectivity index (χ1n) is 3.88. The summed E-state index contributed by atoms with van der Waals surface area (Å²) in [5, 5.41) is 2.75. The zero-order chi connectivity index (χ0) is 9.40. The van der Waals surface area contributed by atoms with Crippen LogP contribution < -0.4 is 5.32 Å². The third kappa shape index (κ3) is 6.12. The zero-order valence-electron chi connectivity index (χ0n) is 7.64. The van der Waals surface area contributed by atoms with Crippen LogP contribution in [0.3, 0.4) is 0 Å². The van der Waals surface area contributed by atoms with Crippen LogP contribution in [0, 0.1) is 0 Å². The Bertz CT molecular complexity index is 159. The van der Waals surface area contributed by atoms with Gasteiger partial charge in [0.05, 0.1) is 0 Å². The minimum atomic E-state index is -0.0595. The summed E-state index contributed by atoms with van der Waals surface area (Å²) in [6, 6.07) is 1.01. The van der Waals surface area contributed by atoms with E-state index < -0.39 is 0 Å². The van der Waals surface area contributed by atoms with Gasteiger partial charge in [-0.2, -0.15) is 0 Å². The van der Waals surface area contributed by atoms with Crippen LogP contribution in [0.15, 0.2) is 12.2 Å². The van der Waals surface area contributed by atoms with Crippen molar-refractivity contribution in [1.29, 1.82) is 0 Å². The molecule has 0 aliphatic heterocycles. The van der Waals surface area contributed by atoms with Crippen LogP contribution in [0.5, 0.6) is 0 Å². The SMILES string of the molecule is C=C(C)C(=O)NCCC[Si]OC. The topological polar surface area (TPSA) is 38.3 Å². The lowest BCUT2D eigenvalue weighted by Gasteiger charge is -2.02. The Morgan fingerprint density at radius 3 is 2.83 bits per heavy atom. The standard InChI is InChI=1S/C8H15NO2Si/c1-7(2)8(10)9-5-4-6-12-11-3/h1,4-6H2,2-3H3,(H,9,10). The van der Waals surface area contributed by atoms with Gasteiger partial charge >= 0.3 is 0 Å². The highest BCUT2D eigenvalue weighted by atomic mass is 28.2. The van der Waals surface area contributed by atoms with E-state index in [1.54, 1.807) is 14.0 Å². The molecule has 0 aliphatic carbocycles. The molecule has 68 valence electrons. The number of carbonyl (C=O) groups is 1. The highest BCUT2D eigenvalue weighted by Gasteiger charge is 1.98. The molecule has 4 heteroatoms. The van der Waals surface area contributed by atoms with Crippen molar-refractivity contribution in [3.8, 4) is 0 Å². The molecule has 0 aliphatic rings. The summed E-state index contributed by atoms with van der Waals surface area (Å²) in [6.07, 6.45) is 0.964. The molecule has 0 unspecified atom stereocenters. The number of hydrogen-bond acceptors (Lipinski definition) is 2. The molecule has 0 fully saturated rings. The molecule has 12 heavy (non-hydrogen) atoms. The monoisotopic (exact) mass is 185 g/mol. The van der Waals surface area contributed by atoms with E-state index >= 15 is 0 Å². The van der Waals surface area contributed by atoms with Crippen LogP contribution in [0.1, 0.15) is 13.3 Å². The largest absolute Gasteiger partial charge is 0.421 e. The summed E-state index contributed by atoms with van der Waals surface area (Å²) in [5.41, 5.74) is 0.559. The molecular formula is C8H15NO2Si. The fraction of sp³-hybridized carbons (Fsp3) is 0.625. The number of carbonyl (C=O) groups excluding carboxylic acids is 1. The number of amides is 1. The van der Waals surface area contributed by atoms with Gasteiger partial charge in [0.15, 0.2) is 0 Å². The van der Waals surface area contributed by atoms with Crippen LogP contribution in [-0.2, 0) is 9.22 Å². The van der Waals surface area contributed by atoms with Gasteiger partial charge < -0.3 is 9.74 Å². The zero-order valence-corrected chi connectivity index (χ0v) is 8.64. The first-order chi connectivity index (χ1) is 5.68. The number of hydrogen-bond donors (Lipinski definition) is 1. The fourth-order valence-electron chi connectivity index (χ4n) is 0.615. The lowest BCUT2D eigenvalue weighted by Crippen LogP contribution is -2.24. The van der Waals surface area contributed by atoms with Crippen molar-refractivity contribution < 1.29 is 9.22 Å². The first-order valence-corrected chi connectivity index (χ1v) is 4.99. The van der Waals surface area contributed by atoms with Gasteiger partial charge in [-0.1, -0.05) is 6.58 Å². The van der Waals surface area contributed by atoms with E-state index in [-0.39, 0.29) is 5.91 Å². The second kappa shape index (κ2) is 7.06. The highest BCUT2D eigenvalue weighted by molar-refractivity contribution is 6.26. The maximum absolute atomic E-state index is 10.9. The van der Waals surface area contributed by atoms with Crippen LogP contribution in [0.25, 0.3) is 0 Å². The van der Waals surface area contributed by atoms with E-state index in [2.05, 4.69) is 11.9 Å². The quantitative estimate of drug-likeness (QED) is 0.377. The molecule has 0 rings (SSSR count). The van der Waals surface area contributed by atoms with Crippen molar-refractivity contribution in [3.05, 3.63) is 12.2 Å². The van der Waals surface area contributed by atoms with Gasteiger partial charge in [0, 0.05) is 19.2 Å². The van der Waals surface area contributed by atoms with Gasteiger partial charge in [-0.05, 0) is 19.4 Å². The van der Waals surface area contributed by atoms with E-state index in [9.17, 15) is 4.79 Å². The molecule has 0 atom stereocenters. The molecule has 0 aromatic carbocycles. The Morgan fingerprint density at radius 2 is 2.33 bits per heavy atom. The third-order valence-electron chi connectivity index (χ3n) is 1.27. The predicted molar refractivity (Wildman–Crippen MR) is 50.0 cm³/mol. The fourth-order valence-corrected chi connectivity index (χ4v) is 1.14. The maximum Gasteiger partial charge on any atom is 0.246 e. The van der Waals surface area contributed by atoms with Crippen molar-refractivity contribution in [2.45, 2.75) is 19.4 Å². The Kier molecular flexibility index (Phi) is 6.70. The Balaban J connectivity index is 3.20. The number of nitrogens with one attached hydrogen (secondary N) is 1. The van der Waals surface area contributed by atoms with Crippen LogP contribution in [0.4, 0.5) is 0 Å². The van der Waals surface area contributed by atoms with Crippen LogP contribution in [0.2, 0.25) is 6.04 Å². The van der Waals surface area contributed by atoms with Crippen molar-refractivity contribution >= 4 is 15.7 Å². The normalized spacial score (nSPS) is 9.50. The second-order valence-electron chi connectivity index (χ2n) is 2.49. The molecule has 0 bridgehead atoms. The van der Waals surface area contributed by atoms with E-state index in [4.69, 9.17) is 4.43 Å². The molecule has 0 aromatic heterocycles. The summed E-state index contributed by atoms with van der Waals surface area (Å²) in [5.74, 6) is -0.0595. The van der Waals surface area contributed by atoms with Crippen molar-refractivity contribution in [3.63, 3.8) is 0 Å². The van der Waals surface area contributed by atoms with Gasteiger partial charge in [0.1, 0.15) is 0 Å². The summed E-state index contributed by atoms with van der Waals surface area (Å²) in [4.78, 5) is 10.9. The summed E-state index contributed by atoms with van der Waals surface area (Å²) < 4.78 is 4.89. The molecule has 1 N–H and O–H groups in total. The van der Waals surface area contributed by atoms with Crippen LogP contribution >= 0.6 is 0 Å². The van der Waals surface area contributed by atoms with Gasteiger partial charge in [0.2, 0.25) is 15.7 Å². The van der Waals surface area contributed by atoms with Gasteiger partial charge in [-0.3, -0.25) is 4.79 Å². The lowest BCUT2D eigenvalue weighted by atomic mass is 10.3. The molecule has 2 radical (unpaired) electrons. The molecular weight excluding hydrogens is 170 g/mol. The molecule has 0 saturated carbocycles. The lowest BCUT2D eigenvalue weighted by molar-refractivity contribution is -0.117. The summed E-state index contributed by atoms with van der Waals surface area (Å²) in [6.45, 7) is 5.95. The Labute approximate surface area is 76.1 Å². The Hall–Kier alpha value is -0.613. The maximum atomic E-state index is 10.9. The minimum absolute atomic E-state index is 0.0595. The van der Waals surface area contributed by atoms with E-state index in [0.29, 0.717) is 21.9 Å². The molecule has 3 nitrogen and oxygen atoms in total. The average Bonchev–Trinajstić information content (AvgIpc) is 2.03. The molecule has 0 spiro atoms. The summed E-state index contributed by atoms with van der Waals surface area (Å²) >= 11 is 0. The summed E-state index contributed by atoms with van der Waals surface area (Å²) in [7, 11) is 2.22. The average molecular weight is 185 g/mol. The molecule has 0 aromatic rings. The van der Waals surface area contributed by atoms with Crippen LogP contribution in [-0.4, -0.2) is 29.3 Å². The van der Waals surface area contributed by atoms with Crippen molar-refractivity contribution in [1.82, 2.24) is 5.32 Å². The van der Waals surface area contributed by atoms with Gasteiger partial charge in [-0.25, -0.2) is 0 Å². The molecule has 0 heterocycles. The number of rotatable bonds is 6. The highest BCUT2D eigenvalue weighted by Crippen LogP contribution is 1.89. The minimum Gasteiger partial charge on any atom is -0.421 e. The van der Waals surface area contributed by atoms with E-state index in [1.165, 1.54) is 0 Å². The van der Waals surface area contributed by atoms with E-state index in [1.807, 2.05) is 0 Å². The van der Waals surface area contributed by atoms with Gasteiger partial charge in [-0.15, -0.1) is 0 Å². The second-order valence-corrected chi connectivity index (χ2v) is 3.69.